The quantitative estimate of drug-likeness (QED) is 0.880. The van der Waals surface area contributed by atoms with E-state index >= 15 is 0 Å². The minimum Gasteiger partial charge on any atom is -0.352 e. The molecular weight excluding hydrogens is 255 g/mol. The van der Waals surface area contributed by atoms with Crippen LogP contribution in [0, 0.1) is 5.82 Å². The molecule has 1 aromatic carbocycles. The summed E-state index contributed by atoms with van der Waals surface area (Å²) in [4.78, 5) is 11.6. The molecule has 0 aliphatic carbocycles. The summed E-state index contributed by atoms with van der Waals surface area (Å²) in [7, 11) is 0. The molecule has 0 radical (unpaired) electrons. The van der Waals surface area contributed by atoms with Gasteiger partial charge in [-0.25, -0.2) is 4.39 Å². The normalized spacial score (nSPS) is 18.2. The first kappa shape index (κ1) is 14.9. The van der Waals surface area contributed by atoms with E-state index in [9.17, 15) is 9.18 Å². The minimum atomic E-state index is -0.271. The van der Waals surface area contributed by atoms with Crippen LogP contribution in [0.25, 0.3) is 0 Å². The highest BCUT2D eigenvalue weighted by Gasteiger charge is 2.17. The first-order chi connectivity index (χ1) is 8.25. The summed E-state index contributed by atoms with van der Waals surface area (Å²) in [6, 6.07) is 6.78. The fourth-order valence-electron chi connectivity index (χ4n) is 2.06. The van der Waals surface area contributed by atoms with Crippen LogP contribution in [0.4, 0.5) is 4.39 Å². The van der Waals surface area contributed by atoms with Crippen LogP contribution in [0.1, 0.15) is 24.8 Å². The molecule has 0 saturated carbocycles. The molecule has 1 amide bonds. The van der Waals surface area contributed by atoms with Crippen molar-refractivity contribution >= 4 is 18.3 Å². The maximum absolute atomic E-state index is 13.3. The number of hydrogen-bond donors (Lipinski definition) is 2. The molecule has 1 fully saturated rings. The van der Waals surface area contributed by atoms with Crippen LogP contribution in [0.5, 0.6) is 0 Å². The summed E-state index contributed by atoms with van der Waals surface area (Å²) >= 11 is 0. The average Bonchev–Trinajstić information content (AvgIpc) is 2.81. The molecule has 1 aliphatic rings. The highest BCUT2D eigenvalue weighted by molar-refractivity contribution is 5.85. The number of benzene rings is 1. The van der Waals surface area contributed by atoms with E-state index in [1.165, 1.54) is 6.07 Å². The van der Waals surface area contributed by atoms with Gasteiger partial charge in [0.25, 0.3) is 0 Å². The van der Waals surface area contributed by atoms with Crippen LogP contribution in [0.15, 0.2) is 24.3 Å². The summed E-state index contributed by atoms with van der Waals surface area (Å²) in [6.07, 6.45) is 2.66. The van der Waals surface area contributed by atoms with Gasteiger partial charge in [0.1, 0.15) is 5.82 Å². The molecule has 1 aromatic rings. The molecule has 0 aromatic heterocycles. The zero-order valence-electron chi connectivity index (χ0n) is 10.1. The summed E-state index contributed by atoms with van der Waals surface area (Å²) in [6.45, 7) is 1.25. The van der Waals surface area contributed by atoms with Crippen molar-refractivity contribution in [3.63, 3.8) is 0 Å². The van der Waals surface area contributed by atoms with Gasteiger partial charge < -0.3 is 10.6 Å². The van der Waals surface area contributed by atoms with E-state index in [2.05, 4.69) is 10.6 Å². The lowest BCUT2D eigenvalue weighted by atomic mass is 10.1. The summed E-state index contributed by atoms with van der Waals surface area (Å²) < 4.78 is 13.3. The molecule has 1 heterocycles. The Hall–Kier alpha value is -1.13. The van der Waals surface area contributed by atoms with E-state index in [-0.39, 0.29) is 36.7 Å². The Bertz CT molecular complexity index is 394. The largest absolute Gasteiger partial charge is 0.352 e. The van der Waals surface area contributed by atoms with E-state index in [1.54, 1.807) is 18.2 Å². The number of carbonyl (C=O) groups is 1. The Kier molecular flexibility index (Phi) is 6.09. The van der Waals surface area contributed by atoms with Crippen LogP contribution < -0.4 is 10.6 Å². The second-order valence-electron chi connectivity index (χ2n) is 4.37. The smallest absolute Gasteiger partial charge is 0.221 e. The lowest BCUT2D eigenvalue weighted by Gasteiger charge is -2.10. The Labute approximate surface area is 113 Å². The summed E-state index contributed by atoms with van der Waals surface area (Å²) in [5.41, 5.74) is 0.528. The molecule has 2 rings (SSSR count). The summed E-state index contributed by atoms with van der Waals surface area (Å²) in [5, 5.41) is 6.01. The highest BCUT2D eigenvalue weighted by Crippen LogP contribution is 2.09. The minimum absolute atomic E-state index is 0. The van der Waals surface area contributed by atoms with Crippen molar-refractivity contribution < 1.29 is 9.18 Å². The molecule has 3 nitrogen and oxygen atoms in total. The van der Waals surface area contributed by atoms with E-state index in [0.29, 0.717) is 12.0 Å². The molecule has 1 aliphatic heterocycles. The third kappa shape index (κ3) is 4.27. The van der Waals surface area contributed by atoms with Gasteiger partial charge in [-0.2, -0.15) is 0 Å². The SMILES string of the molecule is Cl.O=C(CC1CCCN1)NCc1ccccc1F. The Balaban J connectivity index is 0.00000162. The standard InChI is InChI=1S/C13H17FN2O.ClH/c14-12-6-2-1-4-10(12)9-16-13(17)8-11-5-3-7-15-11;/h1-2,4,6,11,15H,3,5,7-9H2,(H,16,17);1H. The predicted molar refractivity (Wildman–Crippen MR) is 71.1 cm³/mol. The molecule has 0 bridgehead atoms. The average molecular weight is 273 g/mol. The number of hydrogen-bond acceptors (Lipinski definition) is 2. The zero-order chi connectivity index (χ0) is 12.1. The Morgan fingerprint density at radius 1 is 1.44 bits per heavy atom. The number of carbonyl (C=O) groups excluding carboxylic acids is 1. The number of halogens is 2. The highest BCUT2D eigenvalue weighted by atomic mass is 35.5. The van der Waals surface area contributed by atoms with Gasteiger partial charge in [-0.15, -0.1) is 12.4 Å². The molecule has 1 unspecified atom stereocenters. The number of nitrogens with one attached hydrogen (secondary N) is 2. The van der Waals surface area contributed by atoms with E-state index in [1.807, 2.05) is 0 Å². The second-order valence-corrected chi connectivity index (χ2v) is 4.37. The molecule has 1 saturated heterocycles. The van der Waals surface area contributed by atoms with Crippen molar-refractivity contribution in [3.05, 3.63) is 35.6 Å². The predicted octanol–water partition coefficient (Wildman–Crippen LogP) is 2.01. The van der Waals surface area contributed by atoms with Gasteiger partial charge in [0.05, 0.1) is 0 Å². The second kappa shape index (κ2) is 7.34. The lowest BCUT2D eigenvalue weighted by Crippen LogP contribution is -2.31. The van der Waals surface area contributed by atoms with Gasteiger partial charge in [0.2, 0.25) is 5.91 Å². The van der Waals surface area contributed by atoms with Crippen molar-refractivity contribution in [2.75, 3.05) is 6.54 Å². The van der Waals surface area contributed by atoms with Gasteiger partial charge >= 0.3 is 0 Å². The van der Waals surface area contributed by atoms with Crippen LogP contribution in [-0.2, 0) is 11.3 Å². The van der Waals surface area contributed by atoms with Gasteiger partial charge in [0, 0.05) is 24.6 Å². The first-order valence-electron chi connectivity index (χ1n) is 5.99. The molecule has 100 valence electrons. The maximum atomic E-state index is 13.3. The lowest BCUT2D eigenvalue weighted by molar-refractivity contribution is -0.121. The third-order valence-corrected chi connectivity index (χ3v) is 3.03. The van der Waals surface area contributed by atoms with E-state index in [0.717, 1.165) is 19.4 Å². The number of amides is 1. The summed E-state index contributed by atoms with van der Waals surface area (Å²) in [5.74, 6) is -0.292. The van der Waals surface area contributed by atoms with Crippen molar-refractivity contribution in [1.82, 2.24) is 10.6 Å². The van der Waals surface area contributed by atoms with Crippen LogP contribution in [0.3, 0.4) is 0 Å². The molecule has 18 heavy (non-hydrogen) atoms. The molecule has 1 atom stereocenters. The van der Waals surface area contributed by atoms with Crippen molar-refractivity contribution in [1.29, 1.82) is 0 Å². The van der Waals surface area contributed by atoms with Crippen LogP contribution >= 0.6 is 12.4 Å². The van der Waals surface area contributed by atoms with Gasteiger partial charge in [-0.1, -0.05) is 18.2 Å². The Morgan fingerprint density at radius 2 is 2.22 bits per heavy atom. The van der Waals surface area contributed by atoms with Gasteiger partial charge in [-0.3, -0.25) is 4.79 Å². The van der Waals surface area contributed by atoms with Crippen LogP contribution in [0.2, 0.25) is 0 Å². The Morgan fingerprint density at radius 3 is 2.89 bits per heavy atom. The van der Waals surface area contributed by atoms with Gasteiger partial charge in [0.15, 0.2) is 0 Å². The van der Waals surface area contributed by atoms with E-state index < -0.39 is 0 Å². The van der Waals surface area contributed by atoms with E-state index in [4.69, 9.17) is 0 Å². The molecule has 0 spiro atoms. The van der Waals surface area contributed by atoms with Crippen LogP contribution in [-0.4, -0.2) is 18.5 Å². The first-order valence-corrected chi connectivity index (χ1v) is 5.99. The van der Waals surface area contributed by atoms with Crippen molar-refractivity contribution in [2.45, 2.75) is 31.8 Å². The maximum Gasteiger partial charge on any atom is 0.221 e. The zero-order valence-corrected chi connectivity index (χ0v) is 10.9. The topological polar surface area (TPSA) is 41.1 Å². The fraction of sp³-hybridized carbons (Fsp3) is 0.462. The molecule has 5 heteroatoms. The molecular formula is C13H18ClFN2O. The van der Waals surface area contributed by atoms with Crippen molar-refractivity contribution in [2.24, 2.45) is 0 Å². The monoisotopic (exact) mass is 272 g/mol. The number of rotatable bonds is 4. The van der Waals surface area contributed by atoms with Gasteiger partial charge in [-0.05, 0) is 25.5 Å². The third-order valence-electron chi connectivity index (χ3n) is 3.03. The fourth-order valence-corrected chi connectivity index (χ4v) is 2.06. The van der Waals surface area contributed by atoms with Crippen molar-refractivity contribution in [3.8, 4) is 0 Å². The molecule has 2 N–H and O–H groups in total.